The van der Waals surface area contributed by atoms with Crippen LogP contribution in [0.3, 0.4) is 0 Å². The molecule has 3 aliphatic heterocycles. The molecule has 1 fully saturated rings. The van der Waals surface area contributed by atoms with Crippen molar-refractivity contribution in [2.75, 3.05) is 51.0 Å². The van der Waals surface area contributed by atoms with E-state index in [1.54, 1.807) is 17.0 Å². The van der Waals surface area contributed by atoms with E-state index in [9.17, 15) is 9.59 Å². The van der Waals surface area contributed by atoms with Gasteiger partial charge in [-0.15, -0.1) is 0 Å². The molecule has 3 aliphatic rings. The minimum Gasteiger partial charge on any atom is -0.486 e. The summed E-state index contributed by atoms with van der Waals surface area (Å²) in [6.45, 7) is 8.34. The van der Waals surface area contributed by atoms with E-state index in [0.29, 0.717) is 54.3 Å². The largest absolute Gasteiger partial charge is 0.486 e. The average Bonchev–Trinajstić information content (AvgIpc) is 3.48. The van der Waals surface area contributed by atoms with Crippen LogP contribution in [-0.4, -0.2) is 77.7 Å². The predicted octanol–water partition coefficient (Wildman–Crippen LogP) is 2.68. The SMILES string of the molecule is Cc1ccc(-c2noc(C(C)N3CCN(CN4C(=O)C(=O)c5cc6c(cc54)OCCO6)CC3)n2)cc1. The van der Waals surface area contributed by atoms with Gasteiger partial charge < -0.3 is 14.0 Å². The van der Waals surface area contributed by atoms with Gasteiger partial charge in [-0.2, -0.15) is 4.98 Å². The van der Waals surface area contributed by atoms with E-state index < -0.39 is 11.7 Å². The van der Waals surface area contributed by atoms with Crippen LogP contribution in [0.25, 0.3) is 11.4 Å². The summed E-state index contributed by atoms with van der Waals surface area (Å²) < 4.78 is 16.8. The van der Waals surface area contributed by atoms with Crippen LogP contribution in [0.5, 0.6) is 11.5 Å². The van der Waals surface area contributed by atoms with Gasteiger partial charge in [-0.3, -0.25) is 24.3 Å². The van der Waals surface area contributed by atoms with Crippen molar-refractivity contribution in [3.63, 3.8) is 0 Å². The molecule has 0 bridgehead atoms. The van der Waals surface area contributed by atoms with Crippen LogP contribution in [0, 0.1) is 6.92 Å². The van der Waals surface area contributed by atoms with Crippen LogP contribution in [0.15, 0.2) is 40.9 Å². The number of amides is 1. The number of ether oxygens (including phenoxy) is 2. The molecule has 10 heteroatoms. The minimum absolute atomic E-state index is 0.0294. The van der Waals surface area contributed by atoms with Crippen molar-refractivity contribution < 1.29 is 23.6 Å². The van der Waals surface area contributed by atoms with Crippen molar-refractivity contribution in [2.24, 2.45) is 0 Å². The predicted molar refractivity (Wildman–Crippen MR) is 130 cm³/mol. The second kappa shape index (κ2) is 9.03. The minimum atomic E-state index is -0.516. The summed E-state index contributed by atoms with van der Waals surface area (Å²) in [5.41, 5.74) is 3.06. The summed E-state index contributed by atoms with van der Waals surface area (Å²) in [7, 11) is 0. The van der Waals surface area contributed by atoms with Gasteiger partial charge in [0, 0.05) is 37.8 Å². The van der Waals surface area contributed by atoms with Crippen molar-refractivity contribution in [2.45, 2.75) is 19.9 Å². The van der Waals surface area contributed by atoms with E-state index in [2.05, 4.69) is 26.9 Å². The molecule has 36 heavy (non-hydrogen) atoms. The fourth-order valence-electron chi connectivity index (χ4n) is 4.84. The fourth-order valence-corrected chi connectivity index (χ4v) is 4.84. The quantitative estimate of drug-likeness (QED) is 0.501. The van der Waals surface area contributed by atoms with E-state index in [1.165, 1.54) is 5.56 Å². The maximum absolute atomic E-state index is 12.8. The van der Waals surface area contributed by atoms with E-state index in [-0.39, 0.29) is 6.04 Å². The first-order chi connectivity index (χ1) is 17.5. The number of hydrogen-bond acceptors (Lipinski definition) is 9. The standard InChI is InChI=1S/C26H27N5O5/c1-16-3-5-18(6-4-16)24-27-25(36-28-24)17(2)30-9-7-29(8-10-30)15-31-20-14-22-21(34-11-12-35-22)13-19(20)23(32)26(31)33/h3-6,13-14,17H,7-12,15H2,1-2H3. The Morgan fingerprint density at radius 3 is 2.39 bits per heavy atom. The number of benzene rings is 2. The lowest BCUT2D eigenvalue weighted by Crippen LogP contribution is -2.51. The van der Waals surface area contributed by atoms with E-state index in [4.69, 9.17) is 14.0 Å². The van der Waals surface area contributed by atoms with Gasteiger partial charge in [-0.1, -0.05) is 35.0 Å². The molecule has 0 aliphatic carbocycles. The molecule has 1 unspecified atom stereocenters. The molecule has 0 spiro atoms. The van der Waals surface area contributed by atoms with Gasteiger partial charge >= 0.3 is 5.91 Å². The van der Waals surface area contributed by atoms with Gasteiger partial charge in [0.15, 0.2) is 11.5 Å². The number of hydrogen-bond donors (Lipinski definition) is 0. The Morgan fingerprint density at radius 2 is 1.67 bits per heavy atom. The number of aryl methyl sites for hydroxylation is 1. The Labute approximate surface area is 208 Å². The number of rotatable bonds is 5. The monoisotopic (exact) mass is 489 g/mol. The third-order valence-electron chi connectivity index (χ3n) is 7.04. The maximum atomic E-state index is 12.8. The van der Waals surface area contributed by atoms with Crippen molar-refractivity contribution >= 4 is 17.4 Å². The van der Waals surface area contributed by atoms with Crippen molar-refractivity contribution in [3.8, 4) is 22.9 Å². The summed E-state index contributed by atoms with van der Waals surface area (Å²) in [6, 6.07) is 11.4. The number of anilines is 1. The number of Topliss-reactive ketones (excluding diaryl/α,β-unsaturated/α-hetero) is 1. The smallest absolute Gasteiger partial charge is 0.300 e. The molecule has 3 aromatic rings. The van der Waals surface area contributed by atoms with Crippen LogP contribution >= 0.6 is 0 Å². The molecule has 0 N–H and O–H groups in total. The highest BCUT2D eigenvalue weighted by atomic mass is 16.6. The van der Waals surface area contributed by atoms with Gasteiger partial charge in [0.25, 0.3) is 5.78 Å². The first kappa shape index (κ1) is 22.7. The van der Waals surface area contributed by atoms with E-state index in [0.717, 1.165) is 31.7 Å². The fraction of sp³-hybridized carbons (Fsp3) is 0.385. The summed E-state index contributed by atoms with van der Waals surface area (Å²) in [6.07, 6.45) is 0. The van der Waals surface area contributed by atoms with Crippen LogP contribution < -0.4 is 14.4 Å². The van der Waals surface area contributed by atoms with E-state index >= 15 is 0 Å². The normalized spacial score (nSPS) is 19.0. The summed E-state index contributed by atoms with van der Waals surface area (Å²) >= 11 is 0. The average molecular weight is 490 g/mol. The van der Waals surface area contributed by atoms with Gasteiger partial charge in [-0.25, -0.2) is 0 Å². The van der Waals surface area contributed by atoms with Crippen LogP contribution in [0.1, 0.15) is 34.8 Å². The first-order valence-electron chi connectivity index (χ1n) is 12.1. The van der Waals surface area contributed by atoms with Crippen molar-refractivity contribution in [1.82, 2.24) is 19.9 Å². The van der Waals surface area contributed by atoms with Gasteiger partial charge in [0.1, 0.15) is 13.2 Å². The second-order valence-corrected chi connectivity index (χ2v) is 9.37. The molecule has 4 heterocycles. The van der Waals surface area contributed by atoms with Gasteiger partial charge in [0.2, 0.25) is 11.7 Å². The molecule has 6 rings (SSSR count). The summed E-state index contributed by atoms with van der Waals surface area (Å²) in [5, 5.41) is 4.16. The molecule has 0 saturated carbocycles. The maximum Gasteiger partial charge on any atom is 0.300 e. The Kier molecular flexibility index (Phi) is 5.69. The zero-order chi connectivity index (χ0) is 24.8. The Hall–Kier alpha value is -3.76. The number of carbonyl (C=O) groups is 2. The number of fused-ring (bicyclic) bond motifs is 2. The zero-order valence-corrected chi connectivity index (χ0v) is 20.3. The van der Waals surface area contributed by atoms with Crippen LogP contribution in [-0.2, 0) is 4.79 Å². The Balaban J connectivity index is 1.10. The van der Waals surface area contributed by atoms with Crippen molar-refractivity contribution in [1.29, 1.82) is 0 Å². The molecule has 1 amide bonds. The number of ketones is 1. The molecule has 1 atom stereocenters. The zero-order valence-electron chi connectivity index (χ0n) is 20.3. The highest BCUT2D eigenvalue weighted by Gasteiger charge is 2.39. The molecular weight excluding hydrogens is 462 g/mol. The number of carbonyl (C=O) groups excluding carboxylic acids is 2. The molecule has 1 saturated heterocycles. The van der Waals surface area contributed by atoms with Crippen LogP contribution in [0.2, 0.25) is 0 Å². The summed E-state index contributed by atoms with van der Waals surface area (Å²) in [5.74, 6) is 1.23. The lowest BCUT2D eigenvalue weighted by Gasteiger charge is -2.38. The molecule has 0 radical (unpaired) electrons. The highest BCUT2D eigenvalue weighted by Crippen LogP contribution is 2.40. The van der Waals surface area contributed by atoms with E-state index in [1.807, 2.05) is 31.2 Å². The Morgan fingerprint density at radius 1 is 0.972 bits per heavy atom. The molecule has 186 valence electrons. The third-order valence-corrected chi connectivity index (χ3v) is 7.04. The van der Waals surface area contributed by atoms with Crippen LogP contribution in [0.4, 0.5) is 5.69 Å². The number of piperazine rings is 1. The molecule has 10 nitrogen and oxygen atoms in total. The molecular formula is C26H27N5O5. The summed E-state index contributed by atoms with van der Waals surface area (Å²) in [4.78, 5) is 36.0. The number of aromatic nitrogens is 2. The highest BCUT2D eigenvalue weighted by molar-refractivity contribution is 6.52. The molecule has 2 aromatic carbocycles. The topological polar surface area (TPSA) is 101 Å². The third kappa shape index (κ3) is 4.02. The lowest BCUT2D eigenvalue weighted by molar-refractivity contribution is -0.114. The Bertz CT molecular complexity index is 1310. The second-order valence-electron chi connectivity index (χ2n) is 9.37. The molecule has 1 aromatic heterocycles. The lowest BCUT2D eigenvalue weighted by atomic mass is 10.1. The van der Waals surface area contributed by atoms with Crippen molar-refractivity contribution in [3.05, 3.63) is 53.4 Å². The van der Waals surface area contributed by atoms with Gasteiger partial charge in [-0.05, 0) is 19.9 Å². The number of nitrogens with zero attached hydrogens (tertiary/aromatic N) is 5. The first-order valence-corrected chi connectivity index (χ1v) is 12.1. The van der Waals surface area contributed by atoms with Gasteiger partial charge in [0.05, 0.1) is 24.0 Å².